The lowest BCUT2D eigenvalue weighted by molar-refractivity contribution is 0.565. The normalized spacial score (nSPS) is 11.1. The van der Waals surface area contributed by atoms with Crippen molar-refractivity contribution >= 4 is 21.7 Å². The molecule has 0 aliphatic carbocycles. The van der Waals surface area contributed by atoms with Crippen molar-refractivity contribution in [1.82, 2.24) is 0 Å². The Morgan fingerprint density at radius 2 is 1.88 bits per heavy atom. The molecular weight excluding hydrogens is 200 g/mol. The molecule has 2 aromatic carbocycles. The molecule has 1 heterocycles. The van der Waals surface area contributed by atoms with Crippen molar-refractivity contribution < 1.29 is 4.42 Å². The van der Waals surface area contributed by atoms with Crippen LogP contribution in [-0.2, 0) is 0 Å². The van der Waals surface area contributed by atoms with Crippen LogP contribution in [0.5, 0.6) is 0 Å². The number of hydrogen-bond acceptors (Lipinski definition) is 2. The van der Waals surface area contributed by atoms with Crippen molar-refractivity contribution in [3.05, 3.63) is 58.4 Å². The van der Waals surface area contributed by atoms with Crippen LogP contribution >= 0.6 is 0 Å². The molecule has 0 bridgehead atoms. The zero-order chi connectivity index (χ0) is 11.1. The van der Waals surface area contributed by atoms with E-state index in [1.54, 1.807) is 6.92 Å². The molecule has 0 saturated heterocycles. The van der Waals surface area contributed by atoms with E-state index in [0.29, 0.717) is 16.7 Å². The zero-order valence-electron chi connectivity index (χ0n) is 8.86. The highest BCUT2D eigenvalue weighted by Gasteiger charge is 2.06. The average molecular weight is 210 g/mol. The van der Waals surface area contributed by atoms with Crippen molar-refractivity contribution in [3.63, 3.8) is 0 Å². The summed E-state index contributed by atoms with van der Waals surface area (Å²) in [6.07, 6.45) is 0. The molecule has 0 aliphatic heterocycles. The number of aryl methyl sites for hydroxylation is 1. The third kappa shape index (κ3) is 1.23. The van der Waals surface area contributed by atoms with Crippen LogP contribution in [0.25, 0.3) is 21.7 Å². The monoisotopic (exact) mass is 210 g/mol. The maximum atomic E-state index is 12.0. The van der Waals surface area contributed by atoms with Crippen LogP contribution in [0.1, 0.15) is 5.76 Å². The Bertz CT molecular complexity index is 738. The van der Waals surface area contributed by atoms with Crippen molar-refractivity contribution in [1.29, 1.82) is 0 Å². The Morgan fingerprint density at radius 3 is 2.75 bits per heavy atom. The second kappa shape index (κ2) is 3.20. The summed E-state index contributed by atoms with van der Waals surface area (Å²) in [5.41, 5.74) is 0.680. The lowest BCUT2D eigenvalue weighted by Gasteiger charge is -2.02. The molecular formula is C14H10O2. The fourth-order valence-electron chi connectivity index (χ4n) is 2.05. The molecule has 0 spiro atoms. The largest absolute Gasteiger partial charge is 0.461 e. The predicted octanol–water partition coefficient (Wildman–Crippen LogP) is 3.25. The molecule has 0 amide bonds. The first-order valence-corrected chi connectivity index (χ1v) is 5.18. The maximum absolute atomic E-state index is 12.0. The zero-order valence-corrected chi connectivity index (χ0v) is 8.86. The van der Waals surface area contributed by atoms with Crippen molar-refractivity contribution in [2.45, 2.75) is 6.92 Å². The molecule has 0 aliphatic rings. The van der Waals surface area contributed by atoms with Gasteiger partial charge in [-0.1, -0.05) is 30.3 Å². The quantitative estimate of drug-likeness (QED) is 0.533. The summed E-state index contributed by atoms with van der Waals surface area (Å²) in [6, 6.07) is 13.2. The molecule has 3 aromatic rings. The van der Waals surface area contributed by atoms with Crippen LogP contribution in [-0.4, -0.2) is 0 Å². The molecule has 0 atom stereocenters. The van der Waals surface area contributed by atoms with Crippen LogP contribution < -0.4 is 5.43 Å². The summed E-state index contributed by atoms with van der Waals surface area (Å²) in [6.45, 7) is 1.79. The van der Waals surface area contributed by atoms with Crippen LogP contribution in [0.3, 0.4) is 0 Å². The van der Waals surface area contributed by atoms with Gasteiger partial charge in [-0.15, -0.1) is 0 Å². The number of benzene rings is 2. The Balaban J connectivity index is 2.65. The summed E-state index contributed by atoms with van der Waals surface area (Å²) in [7, 11) is 0. The smallest absolute Gasteiger partial charge is 0.193 e. The molecule has 2 heteroatoms. The number of fused-ring (bicyclic) bond motifs is 3. The van der Waals surface area contributed by atoms with Gasteiger partial charge in [0, 0.05) is 6.07 Å². The molecule has 1 aromatic heterocycles. The minimum absolute atomic E-state index is 0.0237. The predicted molar refractivity (Wildman–Crippen MR) is 64.7 cm³/mol. The molecule has 3 rings (SSSR count). The molecule has 0 fully saturated rings. The Hall–Kier alpha value is -2.09. The van der Waals surface area contributed by atoms with Gasteiger partial charge in [-0.05, 0) is 23.8 Å². The summed E-state index contributed by atoms with van der Waals surface area (Å²) in [5.74, 6) is 0.646. The van der Waals surface area contributed by atoms with E-state index in [0.717, 1.165) is 10.8 Å². The van der Waals surface area contributed by atoms with E-state index in [4.69, 9.17) is 4.42 Å². The molecule has 0 N–H and O–H groups in total. The van der Waals surface area contributed by atoms with Gasteiger partial charge in [-0.3, -0.25) is 4.79 Å². The highest BCUT2D eigenvalue weighted by atomic mass is 16.3. The van der Waals surface area contributed by atoms with Crippen molar-refractivity contribution in [2.75, 3.05) is 0 Å². The third-order valence-electron chi connectivity index (χ3n) is 2.74. The van der Waals surface area contributed by atoms with Gasteiger partial charge >= 0.3 is 0 Å². The van der Waals surface area contributed by atoms with Gasteiger partial charge in [0.15, 0.2) is 5.43 Å². The lowest BCUT2D eigenvalue weighted by Crippen LogP contribution is -2.00. The van der Waals surface area contributed by atoms with E-state index in [1.165, 1.54) is 6.07 Å². The fourth-order valence-corrected chi connectivity index (χ4v) is 2.05. The first-order valence-electron chi connectivity index (χ1n) is 5.18. The van der Waals surface area contributed by atoms with Crippen molar-refractivity contribution in [3.8, 4) is 0 Å². The number of rotatable bonds is 0. The van der Waals surface area contributed by atoms with Crippen LogP contribution in [0, 0.1) is 6.92 Å². The molecule has 2 nitrogen and oxygen atoms in total. The summed E-state index contributed by atoms with van der Waals surface area (Å²) < 4.78 is 5.55. The summed E-state index contributed by atoms with van der Waals surface area (Å²) in [4.78, 5) is 12.0. The summed E-state index contributed by atoms with van der Waals surface area (Å²) in [5, 5.41) is 2.68. The molecule has 78 valence electrons. The van der Waals surface area contributed by atoms with Gasteiger partial charge in [-0.25, -0.2) is 0 Å². The molecule has 0 unspecified atom stereocenters. The Labute approximate surface area is 92.1 Å². The first kappa shape index (κ1) is 9.16. The first-order chi connectivity index (χ1) is 7.75. The molecule has 16 heavy (non-hydrogen) atoms. The van der Waals surface area contributed by atoms with Crippen LogP contribution in [0.2, 0.25) is 0 Å². The standard InChI is InChI=1S/C14H10O2/c1-9-8-12(15)14-11-5-3-2-4-10(11)6-7-13(14)16-9/h2-8H,1H3. The highest BCUT2D eigenvalue weighted by molar-refractivity contribution is 6.05. The van der Waals surface area contributed by atoms with Gasteiger partial charge in [-0.2, -0.15) is 0 Å². The average Bonchev–Trinajstić information content (AvgIpc) is 2.28. The second-order valence-corrected chi connectivity index (χ2v) is 3.88. The molecule has 0 radical (unpaired) electrons. The fraction of sp³-hybridized carbons (Fsp3) is 0.0714. The minimum Gasteiger partial charge on any atom is -0.461 e. The van der Waals surface area contributed by atoms with E-state index in [2.05, 4.69) is 0 Å². The summed E-state index contributed by atoms with van der Waals surface area (Å²) >= 11 is 0. The lowest BCUT2D eigenvalue weighted by atomic mass is 10.1. The van der Waals surface area contributed by atoms with Gasteiger partial charge < -0.3 is 4.42 Å². The highest BCUT2D eigenvalue weighted by Crippen LogP contribution is 2.22. The van der Waals surface area contributed by atoms with E-state index in [-0.39, 0.29) is 5.43 Å². The van der Waals surface area contributed by atoms with Gasteiger partial charge in [0.25, 0.3) is 0 Å². The Kier molecular flexibility index (Phi) is 1.83. The number of hydrogen-bond donors (Lipinski definition) is 0. The SMILES string of the molecule is Cc1cc(=O)c2c(ccc3ccccc32)o1. The van der Waals surface area contributed by atoms with Gasteiger partial charge in [0.2, 0.25) is 0 Å². The van der Waals surface area contributed by atoms with Crippen LogP contribution in [0.4, 0.5) is 0 Å². The second-order valence-electron chi connectivity index (χ2n) is 3.88. The van der Waals surface area contributed by atoms with E-state index in [1.807, 2.05) is 36.4 Å². The van der Waals surface area contributed by atoms with E-state index >= 15 is 0 Å². The van der Waals surface area contributed by atoms with E-state index in [9.17, 15) is 4.79 Å². The molecule has 0 saturated carbocycles. The van der Waals surface area contributed by atoms with Crippen molar-refractivity contribution in [2.24, 2.45) is 0 Å². The minimum atomic E-state index is 0.0237. The Morgan fingerprint density at radius 1 is 1.06 bits per heavy atom. The third-order valence-corrected chi connectivity index (χ3v) is 2.74. The van der Waals surface area contributed by atoms with Crippen LogP contribution in [0.15, 0.2) is 51.7 Å². The van der Waals surface area contributed by atoms with E-state index < -0.39 is 0 Å². The topological polar surface area (TPSA) is 30.2 Å². The van der Waals surface area contributed by atoms with Gasteiger partial charge in [0.05, 0.1) is 5.39 Å². The maximum Gasteiger partial charge on any atom is 0.193 e. The van der Waals surface area contributed by atoms with Gasteiger partial charge in [0.1, 0.15) is 11.3 Å².